The van der Waals surface area contributed by atoms with Crippen LogP contribution in [-0.2, 0) is 6.61 Å². The van der Waals surface area contributed by atoms with Gasteiger partial charge in [0.1, 0.15) is 0 Å². The summed E-state index contributed by atoms with van der Waals surface area (Å²) in [7, 11) is 0. The molecule has 0 saturated heterocycles. The van der Waals surface area contributed by atoms with E-state index >= 15 is 0 Å². The summed E-state index contributed by atoms with van der Waals surface area (Å²) in [5.41, 5.74) is 10.3. The SMILES string of the molecule is Nc1ccc(N(CCO)CCO)cc1-c1ccc(CO)cc1. The molecular weight excluding hydrogens is 280 g/mol. The summed E-state index contributed by atoms with van der Waals surface area (Å²) in [4.78, 5) is 1.91. The van der Waals surface area contributed by atoms with Crippen molar-refractivity contribution in [3.8, 4) is 11.1 Å². The lowest BCUT2D eigenvalue weighted by molar-refractivity contribution is 0.281. The minimum Gasteiger partial charge on any atom is -0.398 e. The van der Waals surface area contributed by atoms with Crippen LogP contribution in [-0.4, -0.2) is 41.6 Å². The van der Waals surface area contributed by atoms with Gasteiger partial charge in [-0.1, -0.05) is 24.3 Å². The van der Waals surface area contributed by atoms with Crippen molar-refractivity contribution in [1.29, 1.82) is 0 Å². The Kier molecular flexibility index (Phi) is 5.77. The summed E-state index contributed by atoms with van der Waals surface area (Å²) < 4.78 is 0. The van der Waals surface area contributed by atoms with Gasteiger partial charge in [-0.3, -0.25) is 0 Å². The predicted octanol–water partition coefficient (Wildman–Crippen LogP) is 1.22. The number of nitrogens with zero attached hydrogens (tertiary/aromatic N) is 1. The van der Waals surface area contributed by atoms with Gasteiger partial charge in [0, 0.05) is 30.0 Å². The number of rotatable bonds is 7. The fraction of sp³-hybridized carbons (Fsp3) is 0.294. The van der Waals surface area contributed by atoms with E-state index in [-0.39, 0.29) is 19.8 Å². The Morgan fingerprint density at radius 1 is 0.864 bits per heavy atom. The number of hydrogen-bond acceptors (Lipinski definition) is 5. The van der Waals surface area contributed by atoms with Gasteiger partial charge < -0.3 is 26.0 Å². The monoisotopic (exact) mass is 302 g/mol. The molecule has 0 radical (unpaired) electrons. The molecular formula is C17H22N2O3. The van der Waals surface area contributed by atoms with Crippen molar-refractivity contribution in [2.75, 3.05) is 36.9 Å². The van der Waals surface area contributed by atoms with Crippen molar-refractivity contribution < 1.29 is 15.3 Å². The zero-order chi connectivity index (χ0) is 15.9. The highest BCUT2D eigenvalue weighted by atomic mass is 16.3. The first kappa shape index (κ1) is 16.3. The van der Waals surface area contributed by atoms with Crippen LogP contribution >= 0.6 is 0 Å². The molecule has 0 heterocycles. The Morgan fingerprint density at radius 2 is 1.50 bits per heavy atom. The molecule has 0 atom stereocenters. The Balaban J connectivity index is 2.36. The third-order valence-electron chi connectivity index (χ3n) is 3.59. The van der Waals surface area contributed by atoms with E-state index in [0.717, 1.165) is 22.4 Å². The molecule has 22 heavy (non-hydrogen) atoms. The minimum absolute atomic E-state index is 0.0105. The molecule has 5 nitrogen and oxygen atoms in total. The number of nitrogens with two attached hydrogens (primary N) is 1. The van der Waals surface area contributed by atoms with E-state index in [0.29, 0.717) is 18.8 Å². The topological polar surface area (TPSA) is 90.0 Å². The number of aliphatic hydroxyl groups excluding tert-OH is 3. The van der Waals surface area contributed by atoms with E-state index in [9.17, 15) is 0 Å². The quantitative estimate of drug-likeness (QED) is 0.577. The summed E-state index contributed by atoms with van der Waals surface area (Å²) in [6.45, 7) is 0.952. The molecule has 2 rings (SSSR count). The Bertz CT molecular complexity index is 593. The van der Waals surface area contributed by atoms with Crippen LogP contribution in [0, 0.1) is 0 Å². The lowest BCUT2D eigenvalue weighted by Gasteiger charge is -2.24. The minimum atomic E-state index is 0.0105. The van der Waals surface area contributed by atoms with E-state index in [1.54, 1.807) is 0 Å². The molecule has 2 aromatic rings. The highest BCUT2D eigenvalue weighted by Gasteiger charge is 2.09. The molecule has 0 unspecified atom stereocenters. The molecule has 0 amide bonds. The zero-order valence-corrected chi connectivity index (χ0v) is 12.4. The van der Waals surface area contributed by atoms with Crippen LogP contribution in [0.15, 0.2) is 42.5 Å². The fourth-order valence-electron chi connectivity index (χ4n) is 2.39. The number of aliphatic hydroxyl groups is 3. The van der Waals surface area contributed by atoms with Gasteiger partial charge in [-0.2, -0.15) is 0 Å². The maximum atomic E-state index is 9.15. The Morgan fingerprint density at radius 3 is 2.05 bits per heavy atom. The van der Waals surface area contributed by atoms with Crippen molar-refractivity contribution in [3.63, 3.8) is 0 Å². The first-order valence-electron chi connectivity index (χ1n) is 7.26. The number of nitrogen functional groups attached to an aromatic ring is 1. The molecule has 118 valence electrons. The normalized spacial score (nSPS) is 10.7. The first-order chi connectivity index (χ1) is 10.7. The molecule has 0 spiro atoms. The van der Waals surface area contributed by atoms with Crippen LogP contribution in [0.4, 0.5) is 11.4 Å². The summed E-state index contributed by atoms with van der Waals surface area (Å²) in [6, 6.07) is 13.2. The van der Waals surface area contributed by atoms with Crippen LogP contribution < -0.4 is 10.6 Å². The van der Waals surface area contributed by atoms with Crippen LogP contribution in [0.5, 0.6) is 0 Å². The van der Waals surface area contributed by atoms with E-state index in [2.05, 4.69) is 0 Å². The fourth-order valence-corrected chi connectivity index (χ4v) is 2.39. The predicted molar refractivity (Wildman–Crippen MR) is 88.6 cm³/mol. The van der Waals surface area contributed by atoms with Gasteiger partial charge in [-0.25, -0.2) is 0 Å². The van der Waals surface area contributed by atoms with Gasteiger partial charge in [-0.15, -0.1) is 0 Å². The van der Waals surface area contributed by atoms with Crippen LogP contribution in [0.1, 0.15) is 5.56 Å². The molecule has 0 fully saturated rings. The molecule has 0 aromatic heterocycles. The van der Waals surface area contributed by atoms with Crippen molar-refractivity contribution in [2.24, 2.45) is 0 Å². The standard InChI is InChI=1S/C17H22N2O3/c18-17-6-5-15(19(7-9-20)8-10-21)11-16(17)14-3-1-13(12-22)2-4-14/h1-6,11,20-22H,7-10,12,18H2. The second-order valence-corrected chi connectivity index (χ2v) is 5.06. The van der Waals surface area contributed by atoms with Crippen molar-refractivity contribution >= 4 is 11.4 Å². The Labute approximate surface area is 130 Å². The molecule has 0 aliphatic carbocycles. The van der Waals surface area contributed by atoms with Gasteiger partial charge >= 0.3 is 0 Å². The summed E-state index contributed by atoms with van der Waals surface area (Å²) in [5.74, 6) is 0. The number of hydrogen-bond donors (Lipinski definition) is 4. The van der Waals surface area contributed by atoms with Gasteiger partial charge in [0.25, 0.3) is 0 Å². The second-order valence-electron chi connectivity index (χ2n) is 5.06. The highest BCUT2D eigenvalue weighted by Crippen LogP contribution is 2.30. The number of anilines is 2. The van der Waals surface area contributed by atoms with Gasteiger partial charge in [0.05, 0.1) is 19.8 Å². The van der Waals surface area contributed by atoms with Gasteiger partial charge in [-0.05, 0) is 29.3 Å². The van der Waals surface area contributed by atoms with Crippen molar-refractivity contribution in [1.82, 2.24) is 0 Å². The molecule has 2 aromatic carbocycles. The van der Waals surface area contributed by atoms with Crippen LogP contribution in [0.3, 0.4) is 0 Å². The summed E-state index contributed by atoms with van der Waals surface area (Å²) in [5, 5.41) is 27.4. The average molecular weight is 302 g/mol. The third-order valence-corrected chi connectivity index (χ3v) is 3.59. The third kappa shape index (κ3) is 3.76. The maximum absolute atomic E-state index is 9.15. The van der Waals surface area contributed by atoms with Gasteiger partial charge in [0.2, 0.25) is 0 Å². The smallest absolute Gasteiger partial charge is 0.0681 e. The van der Waals surface area contributed by atoms with Crippen LogP contribution in [0.2, 0.25) is 0 Å². The van der Waals surface area contributed by atoms with E-state index < -0.39 is 0 Å². The zero-order valence-electron chi connectivity index (χ0n) is 12.4. The molecule has 5 N–H and O–H groups in total. The first-order valence-corrected chi connectivity index (χ1v) is 7.26. The second kappa shape index (κ2) is 7.79. The molecule has 0 bridgehead atoms. The van der Waals surface area contributed by atoms with Crippen molar-refractivity contribution in [2.45, 2.75) is 6.61 Å². The van der Waals surface area contributed by atoms with Gasteiger partial charge in [0.15, 0.2) is 0 Å². The van der Waals surface area contributed by atoms with E-state index in [1.165, 1.54) is 0 Å². The summed E-state index contributed by atoms with van der Waals surface area (Å²) >= 11 is 0. The molecule has 5 heteroatoms. The van der Waals surface area contributed by atoms with E-state index in [4.69, 9.17) is 21.1 Å². The van der Waals surface area contributed by atoms with Crippen LogP contribution in [0.25, 0.3) is 11.1 Å². The maximum Gasteiger partial charge on any atom is 0.0681 e. The van der Waals surface area contributed by atoms with Crippen molar-refractivity contribution in [3.05, 3.63) is 48.0 Å². The highest BCUT2D eigenvalue weighted by molar-refractivity contribution is 5.80. The molecule has 0 aliphatic rings. The Hall–Kier alpha value is -2.08. The lowest BCUT2D eigenvalue weighted by atomic mass is 10.0. The molecule has 0 saturated carbocycles. The lowest BCUT2D eigenvalue weighted by Crippen LogP contribution is -2.29. The molecule has 0 aliphatic heterocycles. The van der Waals surface area contributed by atoms with E-state index in [1.807, 2.05) is 47.4 Å². The largest absolute Gasteiger partial charge is 0.398 e. The number of benzene rings is 2. The summed E-state index contributed by atoms with van der Waals surface area (Å²) in [6.07, 6.45) is 0. The average Bonchev–Trinajstić information content (AvgIpc) is 2.55.